The molecular weight excluding hydrogens is 987 g/mol. The molecule has 4 heteroatoms. The number of pyridine rings is 3. The van der Waals surface area contributed by atoms with E-state index in [2.05, 4.69) is 265 Å². The second kappa shape index (κ2) is 21.0. The van der Waals surface area contributed by atoms with Gasteiger partial charge in [-0.3, -0.25) is 15.0 Å². The molecule has 0 fully saturated rings. The van der Waals surface area contributed by atoms with E-state index in [-0.39, 0.29) is 0 Å². The summed E-state index contributed by atoms with van der Waals surface area (Å²) in [5.41, 5.74) is 28.1. The zero-order valence-corrected chi connectivity index (χ0v) is 44.1. The van der Waals surface area contributed by atoms with E-state index >= 15 is 0 Å². The first-order chi connectivity index (χ1) is 37.3. The van der Waals surface area contributed by atoms with Crippen LogP contribution in [0.1, 0.15) is 16.7 Å². The Morgan fingerprint density at radius 2 is 0.645 bits per heavy atom. The van der Waals surface area contributed by atoms with E-state index in [0.717, 1.165) is 93.9 Å². The molecule has 0 amide bonds. The van der Waals surface area contributed by atoms with Crippen molar-refractivity contribution in [2.24, 2.45) is 0 Å². The summed E-state index contributed by atoms with van der Waals surface area (Å²) in [6, 6.07) is 87.2. The van der Waals surface area contributed by atoms with Crippen molar-refractivity contribution in [1.82, 2.24) is 15.0 Å². The maximum Gasteiger partial charge on any atom is 0.0705 e. The van der Waals surface area contributed by atoms with Crippen molar-refractivity contribution in [1.29, 1.82) is 0 Å². The minimum atomic E-state index is 0.930. The van der Waals surface area contributed by atoms with E-state index in [1.165, 1.54) is 50.1 Å². The monoisotopic (exact) mass is 1040 g/mol. The third-order valence-corrected chi connectivity index (χ3v) is 15.2. The van der Waals surface area contributed by atoms with Gasteiger partial charge in [-0.05, 0) is 194 Å². The molecule has 0 aliphatic heterocycles. The molecule has 0 N–H and O–H groups in total. The Labute approximate surface area is 454 Å². The topological polar surface area (TPSA) is 38.7 Å². The molecule has 0 atom stereocenters. The Bertz CT molecular complexity index is 3940. The van der Waals surface area contributed by atoms with Gasteiger partial charge in [-0.25, -0.2) is 0 Å². The van der Waals surface area contributed by atoms with Crippen molar-refractivity contribution in [3.05, 3.63) is 282 Å². The molecule has 3 nitrogen and oxygen atoms in total. The lowest BCUT2D eigenvalue weighted by Crippen LogP contribution is -1.94. The molecule has 12 aromatic rings. The standard InChI is InChI=1S/C72H52BrN3/c1-47-38-53(70-28-13-15-36-74-70)30-33-59(47)64-25-10-7-22-61(64)56-42-57(62-23-8-11-26-65(62)60-34-31-54(39-48(60)2)71-29-14-16-37-75-71)44-58(43-56)63-24-9-12-27-66(63)67-35-32-55(45-69(67)73)72-40-49(3)68(46-76-72)52-21-17-20-51(41-52)50-18-5-4-6-19-50/h4-46H,1-3H3. The van der Waals surface area contributed by atoms with Gasteiger partial charge in [-0.2, -0.15) is 0 Å². The van der Waals surface area contributed by atoms with Gasteiger partial charge in [-0.15, -0.1) is 0 Å². The summed E-state index contributed by atoms with van der Waals surface area (Å²) in [5.74, 6) is 0. The van der Waals surface area contributed by atoms with Gasteiger partial charge >= 0.3 is 0 Å². The van der Waals surface area contributed by atoms with Crippen LogP contribution in [-0.2, 0) is 0 Å². The number of aromatic nitrogens is 3. The van der Waals surface area contributed by atoms with Gasteiger partial charge in [0.2, 0.25) is 0 Å². The quantitative estimate of drug-likeness (QED) is 0.130. The molecule has 9 aromatic carbocycles. The Hall–Kier alpha value is -9.09. The molecule has 362 valence electrons. The van der Waals surface area contributed by atoms with Crippen LogP contribution in [0.25, 0.3) is 123 Å². The number of rotatable bonds is 11. The highest BCUT2D eigenvalue weighted by molar-refractivity contribution is 9.10. The van der Waals surface area contributed by atoms with Crippen LogP contribution in [0.15, 0.2) is 266 Å². The second-order valence-electron chi connectivity index (χ2n) is 19.5. The highest BCUT2D eigenvalue weighted by Gasteiger charge is 2.19. The predicted octanol–water partition coefficient (Wildman–Crippen LogP) is 19.9. The van der Waals surface area contributed by atoms with Crippen molar-refractivity contribution < 1.29 is 0 Å². The lowest BCUT2D eigenvalue weighted by atomic mass is 9.85. The average Bonchev–Trinajstić information content (AvgIpc) is 3.51. The van der Waals surface area contributed by atoms with E-state index < -0.39 is 0 Å². The van der Waals surface area contributed by atoms with Crippen molar-refractivity contribution in [3.8, 4) is 123 Å². The van der Waals surface area contributed by atoms with Gasteiger partial charge in [0.1, 0.15) is 0 Å². The van der Waals surface area contributed by atoms with Crippen molar-refractivity contribution in [2.75, 3.05) is 0 Å². The van der Waals surface area contributed by atoms with Gasteiger partial charge in [0.05, 0.1) is 17.1 Å². The Morgan fingerprint density at radius 3 is 1.12 bits per heavy atom. The summed E-state index contributed by atoms with van der Waals surface area (Å²) in [4.78, 5) is 14.4. The van der Waals surface area contributed by atoms with Gasteiger partial charge < -0.3 is 0 Å². The van der Waals surface area contributed by atoms with Crippen LogP contribution in [0, 0.1) is 20.8 Å². The first-order valence-corrected chi connectivity index (χ1v) is 26.5. The number of hydrogen-bond acceptors (Lipinski definition) is 3. The van der Waals surface area contributed by atoms with E-state index in [9.17, 15) is 0 Å². The smallest absolute Gasteiger partial charge is 0.0705 e. The molecule has 0 aliphatic carbocycles. The minimum Gasteiger partial charge on any atom is -0.256 e. The largest absolute Gasteiger partial charge is 0.256 e. The average molecular weight is 1040 g/mol. The summed E-state index contributed by atoms with van der Waals surface area (Å²) in [6.45, 7) is 6.58. The van der Waals surface area contributed by atoms with Gasteiger partial charge in [0, 0.05) is 45.3 Å². The van der Waals surface area contributed by atoms with Crippen LogP contribution >= 0.6 is 15.9 Å². The lowest BCUT2D eigenvalue weighted by molar-refractivity contribution is 1.28. The number of benzene rings is 9. The van der Waals surface area contributed by atoms with Crippen LogP contribution in [0.2, 0.25) is 0 Å². The van der Waals surface area contributed by atoms with E-state index in [4.69, 9.17) is 4.98 Å². The Balaban J connectivity index is 0.961. The Kier molecular flexibility index (Phi) is 13.3. The van der Waals surface area contributed by atoms with Crippen LogP contribution in [0.3, 0.4) is 0 Å². The number of hydrogen-bond donors (Lipinski definition) is 0. The zero-order valence-electron chi connectivity index (χ0n) is 42.5. The predicted molar refractivity (Wildman–Crippen MR) is 322 cm³/mol. The zero-order chi connectivity index (χ0) is 51.5. The summed E-state index contributed by atoms with van der Waals surface area (Å²) in [6.07, 6.45) is 5.72. The molecule has 76 heavy (non-hydrogen) atoms. The summed E-state index contributed by atoms with van der Waals surface area (Å²) in [7, 11) is 0. The van der Waals surface area contributed by atoms with Crippen LogP contribution in [0.4, 0.5) is 0 Å². The fourth-order valence-corrected chi connectivity index (χ4v) is 11.3. The lowest BCUT2D eigenvalue weighted by Gasteiger charge is -2.19. The maximum atomic E-state index is 5.05. The van der Waals surface area contributed by atoms with Crippen molar-refractivity contribution in [3.63, 3.8) is 0 Å². The maximum absolute atomic E-state index is 5.05. The molecule has 3 aromatic heterocycles. The molecule has 0 spiro atoms. The molecule has 0 unspecified atom stereocenters. The summed E-state index contributed by atoms with van der Waals surface area (Å²) < 4.78 is 0.998. The first kappa shape index (κ1) is 47.9. The Morgan fingerprint density at radius 1 is 0.237 bits per heavy atom. The molecule has 0 saturated carbocycles. The molecular formula is C72H52BrN3. The summed E-state index contributed by atoms with van der Waals surface area (Å²) in [5, 5.41) is 0. The number of aryl methyl sites for hydroxylation is 3. The first-order valence-electron chi connectivity index (χ1n) is 25.7. The highest BCUT2D eigenvalue weighted by Crippen LogP contribution is 2.45. The van der Waals surface area contributed by atoms with Crippen molar-refractivity contribution in [2.45, 2.75) is 20.8 Å². The van der Waals surface area contributed by atoms with Crippen molar-refractivity contribution >= 4 is 15.9 Å². The van der Waals surface area contributed by atoms with E-state index in [0.29, 0.717) is 0 Å². The molecule has 0 aliphatic rings. The van der Waals surface area contributed by atoms with E-state index in [1.54, 1.807) is 0 Å². The summed E-state index contributed by atoms with van der Waals surface area (Å²) >= 11 is 4.08. The molecule has 3 heterocycles. The molecule has 0 saturated heterocycles. The fourth-order valence-electron chi connectivity index (χ4n) is 10.7. The van der Waals surface area contributed by atoms with Crippen LogP contribution in [-0.4, -0.2) is 15.0 Å². The van der Waals surface area contributed by atoms with E-state index in [1.807, 2.05) is 42.9 Å². The molecule has 12 rings (SSSR count). The van der Waals surface area contributed by atoms with Crippen LogP contribution in [0.5, 0.6) is 0 Å². The molecule has 0 radical (unpaired) electrons. The second-order valence-corrected chi connectivity index (χ2v) is 20.3. The van der Waals surface area contributed by atoms with Gasteiger partial charge in [0.15, 0.2) is 0 Å². The SMILES string of the molecule is Cc1cc(-c2ccc(-c3ccccc3-c3cc(-c4ccccc4-c4ccc(-c5ccccn5)cc4C)cc(-c4ccccc4-c4ccc(-c5ccccn5)cc4C)c3)c(Br)c2)ncc1-c1cccc(-c2ccccc2)c1. The normalized spacial score (nSPS) is 11.2. The molecule has 0 bridgehead atoms. The van der Waals surface area contributed by atoms with Crippen LogP contribution < -0.4 is 0 Å². The fraction of sp³-hybridized carbons (Fsp3) is 0.0417. The number of halogens is 1. The van der Waals surface area contributed by atoms with Gasteiger partial charge in [0.25, 0.3) is 0 Å². The number of nitrogens with zero attached hydrogens (tertiary/aromatic N) is 3. The van der Waals surface area contributed by atoms with Gasteiger partial charge in [-0.1, -0.05) is 186 Å². The third kappa shape index (κ3) is 9.63. The third-order valence-electron chi connectivity index (χ3n) is 14.5. The minimum absolute atomic E-state index is 0.930. The highest BCUT2D eigenvalue weighted by atomic mass is 79.9.